The van der Waals surface area contributed by atoms with Gasteiger partial charge in [0.25, 0.3) is 5.91 Å². The number of nitrogens with one attached hydrogen (secondary N) is 1. The summed E-state index contributed by atoms with van der Waals surface area (Å²) < 4.78 is 17.6. The molecule has 196 valence electrons. The average Bonchev–Trinajstić information content (AvgIpc) is 3.57. The third kappa shape index (κ3) is 4.66. The van der Waals surface area contributed by atoms with Gasteiger partial charge < -0.3 is 24.2 Å². The number of benzene rings is 2. The molecule has 2 unspecified atom stereocenters. The van der Waals surface area contributed by atoms with Gasteiger partial charge in [-0.25, -0.2) is 0 Å². The van der Waals surface area contributed by atoms with E-state index in [1.54, 1.807) is 13.2 Å². The molecule has 1 saturated heterocycles. The van der Waals surface area contributed by atoms with Crippen LogP contribution in [0, 0.1) is 19.8 Å². The van der Waals surface area contributed by atoms with Gasteiger partial charge in [-0.1, -0.05) is 26.0 Å². The van der Waals surface area contributed by atoms with Crippen molar-refractivity contribution in [3.05, 3.63) is 58.3 Å². The standard InChI is InChI=1S/C29H35N3O5/c1-16(2)15-37-22-9-8-19(13-23(22)35-5)28-25-26(24-18(4)11-17(3)12-21(24)33)30-31-27(25)29(34)32(28)14-20-7-6-10-36-20/h8-9,11-13,16,20,28,33H,6-7,10,14-15H2,1-5H3,(H,30,31). The Hall–Kier alpha value is -3.52. The maximum absolute atomic E-state index is 13.7. The molecule has 2 N–H and O–H groups in total. The second-order valence-electron chi connectivity index (χ2n) is 10.4. The Morgan fingerprint density at radius 1 is 1.22 bits per heavy atom. The minimum atomic E-state index is -0.423. The maximum atomic E-state index is 13.7. The minimum Gasteiger partial charge on any atom is -0.507 e. The topological polar surface area (TPSA) is 96.9 Å². The fourth-order valence-electron chi connectivity index (χ4n) is 5.41. The first-order valence-electron chi connectivity index (χ1n) is 12.9. The highest BCUT2D eigenvalue weighted by atomic mass is 16.5. The number of amides is 1. The third-order valence-corrected chi connectivity index (χ3v) is 7.06. The van der Waals surface area contributed by atoms with Crippen molar-refractivity contribution in [3.8, 4) is 28.5 Å². The molecular formula is C29H35N3O5. The highest BCUT2D eigenvalue weighted by Crippen LogP contribution is 2.47. The molecule has 0 spiro atoms. The van der Waals surface area contributed by atoms with E-state index in [0.717, 1.165) is 35.1 Å². The van der Waals surface area contributed by atoms with Crippen LogP contribution in [0.3, 0.4) is 0 Å². The number of phenolic OH excluding ortho intramolecular Hbond substituents is 1. The van der Waals surface area contributed by atoms with Gasteiger partial charge in [0.15, 0.2) is 11.5 Å². The zero-order valence-electron chi connectivity index (χ0n) is 22.1. The number of aromatic nitrogens is 2. The highest BCUT2D eigenvalue weighted by Gasteiger charge is 2.44. The number of nitrogens with zero attached hydrogens (tertiary/aromatic N) is 2. The van der Waals surface area contributed by atoms with Crippen LogP contribution in [0.1, 0.15) is 65.5 Å². The number of carbonyl (C=O) groups excluding carboxylic acids is 1. The molecule has 3 heterocycles. The number of fused-ring (bicyclic) bond motifs is 1. The number of hydrogen-bond acceptors (Lipinski definition) is 6. The molecule has 0 radical (unpaired) electrons. The minimum absolute atomic E-state index is 0.0167. The number of methoxy groups -OCH3 is 1. The van der Waals surface area contributed by atoms with Gasteiger partial charge in [-0.3, -0.25) is 9.89 Å². The van der Waals surface area contributed by atoms with Crippen molar-refractivity contribution in [1.82, 2.24) is 15.1 Å². The van der Waals surface area contributed by atoms with E-state index in [9.17, 15) is 9.90 Å². The second-order valence-corrected chi connectivity index (χ2v) is 10.4. The summed E-state index contributed by atoms with van der Waals surface area (Å²) in [4.78, 5) is 15.6. The van der Waals surface area contributed by atoms with Gasteiger partial charge >= 0.3 is 0 Å². The summed E-state index contributed by atoms with van der Waals surface area (Å²) in [5, 5.41) is 18.4. The molecule has 37 heavy (non-hydrogen) atoms. The number of carbonyl (C=O) groups is 1. The molecule has 1 amide bonds. The van der Waals surface area contributed by atoms with Crippen molar-refractivity contribution in [2.75, 3.05) is 26.9 Å². The number of aryl methyl sites for hydroxylation is 2. The Labute approximate surface area is 217 Å². The fourth-order valence-corrected chi connectivity index (χ4v) is 5.41. The van der Waals surface area contributed by atoms with Crippen molar-refractivity contribution in [3.63, 3.8) is 0 Å². The van der Waals surface area contributed by atoms with E-state index in [0.29, 0.717) is 54.1 Å². The summed E-state index contributed by atoms with van der Waals surface area (Å²) in [6.45, 7) is 9.83. The molecule has 8 nitrogen and oxygen atoms in total. The summed E-state index contributed by atoms with van der Waals surface area (Å²) in [6.07, 6.45) is 1.89. The van der Waals surface area contributed by atoms with Crippen molar-refractivity contribution < 1.29 is 24.1 Å². The number of ether oxygens (including phenoxy) is 3. The molecule has 0 bridgehead atoms. The Balaban J connectivity index is 1.63. The quantitative estimate of drug-likeness (QED) is 0.439. The summed E-state index contributed by atoms with van der Waals surface area (Å²) in [5.41, 5.74) is 5.14. The largest absolute Gasteiger partial charge is 0.507 e. The summed E-state index contributed by atoms with van der Waals surface area (Å²) >= 11 is 0. The predicted molar refractivity (Wildman–Crippen MR) is 140 cm³/mol. The lowest BCUT2D eigenvalue weighted by molar-refractivity contribution is 0.0495. The van der Waals surface area contributed by atoms with Crippen molar-refractivity contribution >= 4 is 5.91 Å². The molecule has 1 aromatic heterocycles. The normalized spacial score (nSPS) is 19.1. The average molecular weight is 506 g/mol. The Bertz CT molecular complexity index is 1290. The first-order chi connectivity index (χ1) is 17.8. The van der Waals surface area contributed by atoms with Crippen LogP contribution in [-0.4, -0.2) is 59.1 Å². The van der Waals surface area contributed by atoms with E-state index < -0.39 is 6.04 Å². The molecule has 1 fully saturated rings. The third-order valence-electron chi connectivity index (χ3n) is 7.06. The summed E-state index contributed by atoms with van der Waals surface area (Å²) in [5.74, 6) is 1.66. The van der Waals surface area contributed by atoms with E-state index >= 15 is 0 Å². The molecule has 2 aliphatic rings. The number of hydrogen-bond donors (Lipinski definition) is 2. The molecule has 3 aromatic rings. The second kappa shape index (κ2) is 10.1. The van der Waals surface area contributed by atoms with Gasteiger partial charge in [0.1, 0.15) is 17.1 Å². The summed E-state index contributed by atoms with van der Waals surface area (Å²) in [6, 6.07) is 9.13. The van der Waals surface area contributed by atoms with Crippen molar-refractivity contribution in [2.24, 2.45) is 5.92 Å². The van der Waals surface area contributed by atoms with Crippen LogP contribution in [0.5, 0.6) is 17.2 Å². The van der Waals surface area contributed by atoms with Gasteiger partial charge in [-0.2, -0.15) is 5.10 Å². The molecular weight excluding hydrogens is 470 g/mol. The van der Waals surface area contributed by atoms with Gasteiger partial charge in [0.2, 0.25) is 0 Å². The van der Waals surface area contributed by atoms with Crippen LogP contribution >= 0.6 is 0 Å². The number of aromatic amines is 1. The highest BCUT2D eigenvalue weighted by molar-refractivity contribution is 6.00. The van der Waals surface area contributed by atoms with Gasteiger partial charge in [-0.15, -0.1) is 0 Å². The molecule has 0 saturated carbocycles. The lowest BCUT2D eigenvalue weighted by Crippen LogP contribution is -2.36. The number of H-pyrrole nitrogens is 1. The van der Waals surface area contributed by atoms with Crippen LogP contribution < -0.4 is 9.47 Å². The van der Waals surface area contributed by atoms with E-state index in [-0.39, 0.29) is 17.8 Å². The first kappa shape index (κ1) is 25.1. The Kier molecular flexibility index (Phi) is 6.86. The lowest BCUT2D eigenvalue weighted by Gasteiger charge is -2.29. The van der Waals surface area contributed by atoms with Gasteiger partial charge in [-0.05, 0) is 67.5 Å². The number of phenols is 1. The fraction of sp³-hybridized carbons (Fsp3) is 0.448. The predicted octanol–water partition coefficient (Wildman–Crippen LogP) is 5.17. The van der Waals surface area contributed by atoms with E-state index in [4.69, 9.17) is 14.2 Å². The van der Waals surface area contributed by atoms with Crippen molar-refractivity contribution in [1.29, 1.82) is 0 Å². The monoisotopic (exact) mass is 505 g/mol. The van der Waals surface area contributed by atoms with Crippen molar-refractivity contribution in [2.45, 2.75) is 52.7 Å². The first-order valence-corrected chi connectivity index (χ1v) is 12.9. The SMILES string of the molecule is COc1cc(C2c3c(-c4c(C)cc(C)cc4O)n[nH]c3C(=O)N2CC2CCCO2)ccc1OCC(C)C. The molecule has 5 rings (SSSR count). The number of rotatable bonds is 8. The molecule has 2 aliphatic heterocycles. The van der Waals surface area contributed by atoms with E-state index in [1.165, 1.54) is 0 Å². The number of aromatic hydroxyl groups is 1. The molecule has 2 atom stereocenters. The molecule has 0 aliphatic carbocycles. The van der Waals surface area contributed by atoms with Crippen LogP contribution in [0.25, 0.3) is 11.3 Å². The van der Waals surface area contributed by atoms with Crippen LogP contribution in [-0.2, 0) is 4.74 Å². The zero-order chi connectivity index (χ0) is 26.3. The summed E-state index contributed by atoms with van der Waals surface area (Å²) in [7, 11) is 1.62. The Morgan fingerprint density at radius 3 is 2.70 bits per heavy atom. The molecule has 8 heteroatoms. The van der Waals surface area contributed by atoms with Crippen LogP contribution in [0.15, 0.2) is 30.3 Å². The van der Waals surface area contributed by atoms with Gasteiger partial charge in [0.05, 0.1) is 25.9 Å². The van der Waals surface area contributed by atoms with Crippen LogP contribution in [0.2, 0.25) is 0 Å². The van der Waals surface area contributed by atoms with E-state index in [2.05, 4.69) is 24.0 Å². The Morgan fingerprint density at radius 2 is 2.03 bits per heavy atom. The molecule has 2 aromatic carbocycles. The smallest absolute Gasteiger partial charge is 0.273 e. The lowest BCUT2D eigenvalue weighted by atomic mass is 9.93. The maximum Gasteiger partial charge on any atom is 0.273 e. The zero-order valence-corrected chi connectivity index (χ0v) is 22.1. The van der Waals surface area contributed by atoms with Gasteiger partial charge in [0, 0.05) is 24.3 Å². The van der Waals surface area contributed by atoms with Crippen LogP contribution in [0.4, 0.5) is 0 Å². The van der Waals surface area contributed by atoms with E-state index in [1.807, 2.05) is 43.0 Å².